The molecule has 0 spiro atoms. The van der Waals surface area contributed by atoms with Crippen molar-refractivity contribution < 1.29 is 0 Å². The Balaban J connectivity index is 1.27. The van der Waals surface area contributed by atoms with E-state index in [1.165, 1.54) is 32.9 Å². The molecule has 4 heteroatoms. The zero-order chi connectivity index (χ0) is 33.1. The van der Waals surface area contributed by atoms with Crippen LogP contribution in [-0.2, 0) is 5.41 Å². The van der Waals surface area contributed by atoms with Crippen molar-refractivity contribution in [3.05, 3.63) is 205 Å². The lowest BCUT2D eigenvalue weighted by molar-refractivity contribution is 0.692. The maximum Gasteiger partial charge on any atom is 0.163 e. The number of fused-ring (bicyclic) bond motifs is 6. The first-order valence-corrected chi connectivity index (χ1v) is 17.0. The van der Waals surface area contributed by atoms with Crippen LogP contribution in [0.25, 0.3) is 61.4 Å². The molecule has 7 aromatic carbocycles. The Morgan fingerprint density at radius 1 is 0.380 bits per heavy atom. The van der Waals surface area contributed by atoms with Crippen molar-refractivity contribution >= 4 is 21.8 Å². The van der Waals surface area contributed by atoms with Crippen LogP contribution < -0.4 is 0 Å². The first-order valence-electron chi connectivity index (χ1n) is 17.0. The van der Waals surface area contributed by atoms with E-state index < -0.39 is 5.41 Å². The average Bonchev–Trinajstić information content (AvgIpc) is 3.70. The molecule has 0 atom stereocenters. The van der Waals surface area contributed by atoms with Crippen LogP contribution in [0.3, 0.4) is 0 Å². The summed E-state index contributed by atoms with van der Waals surface area (Å²) in [6.07, 6.45) is 0. The summed E-state index contributed by atoms with van der Waals surface area (Å²) in [6.45, 7) is 0. The summed E-state index contributed by atoms with van der Waals surface area (Å²) in [6, 6.07) is 64.2. The minimum Gasteiger partial charge on any atom is -0.309 e. The zero-order valence-electron chi connectivity index (χ0n) is 27.1. The molecule has 1 aliphatic carbocycles. The van der Waals surface area contributed by atoms with Crippen LogP contribution in [0.5, 0.6) is 0 Å². The highest BCUT2D eigenvalue weighted by Gasteiger charge is 2.48. The largest absolute Gasteiger partial charge is 0.309 e. The monoisotopic (exact) mass is 638 g/mol. The molecule has 0 unspecified atom stereocenters. The van der Waals surface area contributed by atoms with Gasteiger partial charge in [-0.2, -0.15) is 0 Å². The molecular formula is C46H30N4. The van der Waals surface area contributed by atoms with Crippen molar-refractivity contribution in [3.8, 4) is 39.6 Å². The first-order chi connectivity index (χ1) is 24.8. The minimum atomic E-state index is -0.789. The molecule has 0 N–H and O–H groups in total. The van der Waals surface area contributed by atoms with Gasteiger partial charge in [-0.1, -0.05) is 158 Å². The highest BCUT2D eigenvalue weighted by molar-refractivity contribution is 6.09. The number of hydrogen-bond donors (Lipinski definition) is 0. The molecule has 234 valence electrons. The SMILES string of the molecule is c1ccc(-c2nc(-c3ccccc3)nc(C3(c4ccc(-n5c6ccccc6c6ccccc65)cc4)c4ccccc4-c4ccccc43)n2)cc1. The van der Waals surface area contributed by atoms with E-state index in [1.807, 2.05) is 36.4 Å². The van der Waals surface area contributed by atoms with Crippen LogP contribution in [0, 0.1) is 0 Å². The third-order valence-corrected chi connectivity index (χ3v) is 10.1. The predicted molar refractivity (Wildman–Crippen MR) is 202 cm³/mol. The zero-order valence-corrected chi connectivity index (χ0v) is 27.1. The summed E-state index contributed by atoms with van der Waals surface area (Å²) in [4.78, 5) is 15.8. The molecular weight excluding hydrogens is 609 g/mol. The van der Waals surface area contributed by atoms with Crippen molar-refractivity contribution in [2.75, 3.05) is 0 Å². The lowest BCUT2D eigenvalue weighted by Crippen LogP contribution is -2.31. The number of benzene rings is 7. The summed E-state index contributed by atoms with van der Waals surface area (Å²) in [5.41, 5.74) is 10.4. The van der Waals surface area contributed by atoms with Crippen molar-refractivity contribution in [3.63, 3.8) is 0 Å². The summed E-state index contributed by atoms with van der Waals surface area (Å²) < 4.78 is 2.36. The van der Waals surface area contributed by atoms with Crippen molar-refractivity contribution in [1.29, 1.82) is 0 Å². The molecule has 0 radical (unpaired) electrons. The second kappa shape index (κ2) is 11.2. The fourth-order valence-corrected chi connectivity index (χ4v) is 7.95. The van der Waals surface area contributed by atoms with Crippen molar-refractivity contribution in [2.45, 2.75) is 5.41 Å². The highest BCUT2D eigenvalue weighted by Crippen LogP contribution is 2.55. The average molecular weight is 639 g/mol. The van der Waals surface area contributed by atoms with E-state index in [1.54, 1.807) is 0 Å². The molecule has 10 rings (SSSR count). The van der Waals surface area contributed by atoms with Crippen LogP contribution in [0.15, 0.2) is 182 Å². The molecule has 2 aromatic heterocycles. The highest BCUT2D eigenvalue weighted by atomic mass is 15.1. The number of rotatable bonds is 5. The number of nitrogens with zero attached hydrogens (tertiary/aromatic N) is 4. The van der Waals surface area contributed by atoms with Gasteiger partial charge in [-0.25, -0.2) is 15.0 Å². The van der Waals surface area contributed by atoms with Crippen molar-refractivity contribution in [2.24, 2.45) is 0 Å². The van der Waals surface area contributed by atoms with Gasteiger partial charge in [-0.15, -0.1) is 0 Å². The van der Waals surface area contributed by atoms with Gasteiger partial charge >= 0.3 is 0 Å². The molecule has 0 fully saturated rings. The van der Waals surface area contributed by atoms with Crippen LogP contribution in [0.1, 0.15) is 22.5 Å². The van der Waals surface area contributed by atoms with Crippen LogP contribution >= 0.6 is 0 Å². The quantitative estimate of drug-likeness (QED) is 0.188. The first kappa shape index (κ1) is 28.4. The van der Waals surface area contributed by atoms with Gasteiger partial charge in [0.15, 0.2) is 17.5 Å². The molecule has 0 bridgehead atoms. The molecule has 0 amide bonds. The Bertz CT molecular complexity index is 2540. The molecule has 0 aliphatic heterocycles. The van der Waals surface area contributed by atoms with E-state index in [9.17, 15) is 0 Å². The normalized spacial score (nSPS) is 13.0. The van der Waals surface area contributed by atoms with Gasteiger partial charge in [0.1, 0.15) is 5.41 Å². The van der Waals surface area contributed by atoms with Gasteiger partial charge in [0.25, 0.3) is 0 Å². The Labute approximate surface area is 290 Å². The van der Waals surface area contributed by atoms with E-state index in [0.29, 0.717) is 17.5 Å². The number of aromatic nitrogens is 4. The third-order valence-electron chi connectivity index (χ3n) is 10.1. The van der Waals surface area contributed by atoms with Gasteiger partial charge in [-0.05, 0) is 52.1 Å². The van der Waals surface area contributed by atoms with Gasteiger partial charge in [-0.3, -0.25) is 0 Å². The van der Waals surface area contributed by atoms with Crippen LogP contribution in [-0.4, -0.2) is 19.5 Å². The van der Waals surface area contributed by atoms with Gasteiger partial charge < -0.3 is 4.57 Å². The second-order valence-electron chi connectivity index (χ2n) is 12.8. The summed E-state index contributed by atoms with van der Waals surface area (Å²) in [5.74, 6) is 2.00. The molecule has 9 aromatic rings. The number of hydrogen-bond acceptors (Lipinski definition) is 3. The lowest BCUT2D eigenvalue weighted by Gasteiger charge is -2.32. The van der Waals surface area contributed by atoms with Gasteiger partial charge in [0.2, 0.25) is 0 Å². The number of para-hydroxylation sites is 2. The molecule has 2 heterocycles. The molecule has 50 heavy (non-hydrogen) atoms. The Hall–Kier alpha value is -6.65. The van der Waals surface area contributed by atoms with Crippen LogP contribution in [0.4, 0.5) is 0 Å². The van der Waals surface area contributed by atoms with Gasteiger partial charge in [0, 0.05) is 27.6 Å². The van der Waals surface area contributed by atoms with E-state index in [4.69, 9.17) is 15.0 Å². The molecule has 1 aliphatic rings. The summed E-state index contributed by atoms with van der Waals surface area (Å²) >= 11 is 0. The standard InChI is InChI=1S/C46H30N4/c1-3-15-31(16-4-1)43-47-44(32-17-5-2-6-18-32)49-45(48-43)46(39-23-11-7-19-35(39)36-20-8-12-24-40(36)46)33-27-29-34(30-28-33)50-41-25-13-9-21-37(41)38-22-10-14-26-42(38)50/h1-30H. The fraction of sp³-hybridized carbons (Fsp3) is 0.0217. The predicted octanol–water partition coefficient (Wildman–Crippen LogP) is 10.7. The van der Waals surface area contributed by atoms with Crippen molar-refractivity contribution in [1.82, 2.24) is 19.5 Å². The minimum absolute atomic E-state index is 0.651. The van der Waals surface area contributed by atoms with Gasteiger partial charge in [0.05, 0.1) is 11.0 Å². The van der Waals surface area contributed by atoms with E-state index in [0.717, 1.165) is 33.5 Å². The lowest BCUT2D eigenvalue weighted by atomic mass is 9.71. The smallest absolute Gasteiger partial charge is 0.163 e. The molecule has 0 saturated heterocycles. The second-order valence-corrected chi connectivity index (χ2v) is 12.8. The van der Waals surface area contributed by atoms with Crippen LogP contribution in [0.2, 0.25) is 0 Å². The van der Waals surface area contributed by atoms with E-state index in [2.05, 4.69) is 150 Å². The van der Waals surface area contributed by atoms with E-state index >= 15 is 0 Å². The Morgan fingerprint density at radius 2 is 0.820 bits per heavy atom. The van der Waals surface area contributed by atoms with E-state index in [-0.39, 0.29) is 0 Å². The molecule has 4 nitrogen and oxygen atoms in total. The fourth-order valence-electron chi connectivity index (χ4n) is 7.95. The topological polar surface area (TPSA) is 43.6 Å². The third kappa shape index (κ3) is 4.15. The Morgan fingerprint density at radius 3 is 1.34 bits per heavy atom. The Kier molecular flexibility index (Phi) is 6.36. The maximum absolute atomic E-state index is 5.38. The summed E-state index contributed by atoms with van der Waals surface area (Å²) in [7, 11) is 0. The maximum atomic E-state index is 5.38. The summed E-state index contributed by atoms with van der Waals surface area (Å²) in [5, 5.41) is 2.49. The molecule has 0 saturated carbocycles.